The van der Waals surface area contributed by atoms with E-state index >= 15 is 0 Å². The summed E-state index contributed by atoms with van der Waals surface area (Å²) in [5, 5.41) is 26.9. The zero-order chi connectivity index (χ0) is 26.1. The van der Waals surface area contributed by atoms with Crippen molar-refractivity contribution in [2.24, 2.45) is 5.14 Å². The number of primary sulfonamides is 1. The molecule has 0 radical (unpaired) electrons. The molecule has 0 aliphatic carbocycles. The number of nitrogens with zero attached hydrogens (tertiary/aromatic N) is 4. The number of halogens is 6. The van der Waals surface area contributed by atoms with Crippen LogP contribution in [-0.2, 0) is 10.0 Å². The van der Waals surface area contributed by atoms with Gasteiger partial charge in [0.25, 0.3) is 11.4 Å². The molecule has 0 amide bonds. The number of ether oxygens (including phenoxy) is 2. The van der Waals surface area contributed by atoms with E-state index < -0.39 is 84.9 Å². The number of nitrogens with two attached hydrogens (primary N) is 1. The summed E-state index contributed by atoms with van der Waals surface area (Å²) in [6.07, 6.45) is -10.2. The number of rotatable bonds is 8. The van der Waals surface area contributed by atoms with Crippen molar-refractivity contribution in [3.63, 3.8) is 0 Å². The van der Waals surface area contributed by atoms with Crippen LogP contribution >= 0.6 is 0 Å². The number of alkyl halides is 6. The Bertz CT molecular complexity index is 1160. The highest BCUT2D eigenvalue weighted by atomic mass is 32.2. The molecular weight excluding hydrogens is 512 g/mol. The van der Waals surface area contributed by atoms with Crippen molar-refractivity contribution < 1.29 is 54.1 Å². The fraction of sp³-hybridized carbons (Fsp3) is 0.286. The molecule has 0 unspecified atom stereocenters. The van der Waals surface area contributed by atoms with Crippen molar-refractivity contribution in [1.29, 1.82) is 0 Å². The number of hydrogen-bond acceptors (Lipinski definition) is 10. The molecule has 0 spiro atoms. The zero-order valence-corrected chi connectivity index (χ0v) is 16.8. The molecule has 1 aromatic carbocycles. The second-order valence-corrected chi connectivity index (χ2v) is 7.59. The minimum atomic E-state index is -5.17. The maximum atomic E-state index is 12.6. The Balaban J connectivity index is 2.83. The van der Waals surface area contributed by atoms with Gasteiger partial charge in [0, 0.05) is 17.7 Å². The van der Waals surface area contributed by atoms with Crippen LogP contribution in [-0.4, -0.2) is 53.8 Å². The molecule has 0 aliphatic rings. The quantitative estimate of drug-likeness (QED) is 0.307. The highest BCUT2D eigenvalue weighted by molar-refractivity contribution is 7.89. The number of non-ortho nitro benzene ring substituents is 2. The summed E-state index contributed by atoms with van der Waals surface area (Å²) in [5.41, 5.74) is -2.53. The molecule has 1 heterocycles. The minimum absolute atomic E-state index is 0.490. The number of sulfonamides is 1. The van der Waals surface area contributed by atoms with Crippen LogP contribution in [0.25, 0.3) is 11.4 Å². The monoisotopic (exact) mass is 521 g/mol. The van der Waals surface area contributed by atoms with Gasteiger partial charge in [-0.1, -0.05) is 0 Å². The molecule has 186 valence electrons. The Labute approximate surface area is 183 Å². The number of aromatic nitrogens is 2. The van der Waals surface area contributed by atoms with Gasteiger partial charge in [0.2, 0.25) is 26.7 Å². The van der Waals surface area contributed by atoms with Crippen LogP contribution in [0.1, 0.15) is 0 Å². The van der Waals surface area contributed by atoms with Gasteiger partial charge >= 0.3 is 12.4 Å². The van der Waals surface area contributed by atoms with E-state index in [-0.39, 0.29) is 0 Å². The molecule has 0 saturated heterocycles. The van der Waals surface area contributed by atoms with Crippen molar-refractivity contribution >= 4 is 21.4 Å². The molecule has 13 nitrogen and oxygen atoms in total. The number of benzene rings is 1. The fourth-order valence-electron chi connectivity index (χ4n) is 2.21. The van der Waals surface area contributed by atoms with Crippen LogP contribution in [0.2, 0.25) is 0 Å². The summed E-state index contributed by atoms with van der Waals surface area (Å²) in [6.45, 7) is -4.39. The minimum Gasteiger partial charge on any atom is -0.467 e. The SMILES string of the molecule is NS(=O)(=O)c1c(OCC(F)(F)F)nc(-c2cc([N+](=O)[O-])cc([N+](=O)[O-])c2)nc1OCC(F)(F)F. The summed E-state index contributed by atoms with van der Waals surface area (Å²) >= 11 is 0. The molecule has 0 fully saturated rings. The lowest BCUT2D eigenvalue weighted by atomic mass is 10.1. The Morgan fingerprint density at radius 1 is 0.853 bits per heavy atom. The first kappa shape index (κ1) is 26.4. The van der Waals surface area contributed by atoms with E-state index in [1.807, 2.05) is 0 Å². The van der Waals surface area contributed by atoms with Crippen molar-refractivity contribution in [3.8, 4) is 23.1 Å². The fourth-order valence-corrected chi connectivity index (χ4v) is 2.91. The van der Waals surface area contributed by atoms with Gasteiger partial charge in [-0.2, -0.15) is 36.3 Å². The number of nitro groups is 2. The number of hydrogen-bond donors (Lipinski definition) is 1. The molecule has 0 atom stereocenters. The summed E-state index contributed by atoms with van der Waals surface area (Å²) in [6, 6.07) is 1.66. The molecule has 2 N–H and O–H groups in total. The van der Waals surface area contributed by atoms with Gasteiger partial charge in [0.1, 0.15) is 0 Å². The molecule has 0 aliphatic heterocycles. The molecule has 0 bridgehead atoms. The van der Waals surface area contributed by atoms with Gasteiger partial charge in [-0.25, -0.2) is 13.6 Å². The average molecular weight is 521 g/mol. The molecule has 1 aromatic heterocycles. The van der Waals surface area contributed by atoms with E-state index in [4.69, 9.17) is 5.14 Å². The third kappa shape index (κ3) is 7.10. The van der Waals surface area contributed by atoms with E-state index in [2.05, 4.69) is 19.4 Å². The molecule has 34 heavy (non-hydrogen) atoms. The Hall–Kier alpha value is -3.81. The predicted molar refractivity (Wildman–Crippen MR) is 95.2 cm³/mol. The molecule has 0 saturated carbocycles. The normalized spacial score (nSPS) is 12.3. The highest BCUT2D eigenvalue weighted by Crippen LogP contribution is 2.36. The summed E-state index contributed by atoms with van der Waals surface area (Å²) in [7, 11) is -5.17. The lowest BCUT2D eigenvalue weighted by molar-refractivity contribution is -0.394. The van der Waals surface area contributed by atoms with Crippen molar-refractivity contribution in [2.75, 3.05) is 13.2 Å². The molecule has 2 aromatic rings. The smallest absolute Gasteiger partial charge is 0.422 e. The largest absolute Gasteiger partial charge is 0.467 e. The van der Waals surface area contributed by atoms with Gasteiger partial charge in [-0.15, -0.1) is 0 Å². The standard InChI is InChI=1S/C14H9F6N5O8S/c15-13(16,17)4-32-11-9(34(21,30)31)12(33-5-14(18,19)20)23-10(22-11)6-1-7(24(26)27)3-8(2-6)25(28)29/h1-3H,4-5H2,(H2,21,30,31). The van der Waals surface area contributed by atoms with Crippen molar-refractivity contribution in [3.05, 3.63) is 38.4 Å². The van der Waals surface area contributed by atoms with Crippen LogP contribution in [0.15, 0.2) is 23.1 Å². The van der Waals surface area contributed by atoms with Crippen molar-refractivity contribution in [2.45, 2.75) is 17.2 Å². The zero-order valence-electron chi connectivity index (χ0n) is 16.0. The van der Waals surface area contributed by atoms with Crippen LogP contribution in [0.4, 0.5) is 37.7 Å². The maximum Gasteiger partial charge on any atom is 0.422 e. The van der Waals surface area contributed by atoms with Gasteiger partial charge in [-0.3, -0.25) is 20.2 Å². The summed E-state index contributed by atoms with van der Waals surface area (Å²) < 4.78 is 108. The average Bonchev–Trinajstić information content (AvgIpc) is 2.67. The van der Waals surface area contributed by atoms with Gasteiger partial charge in [-0.05, 0) is 0 Å². The van der Waals surface area contributed by atoms with Crippen LogP contribution in [0.3, 0.4) is 0 Å². The van der Waals surface area contributed by atoms with E-state index in [1.54, 1.807) is 0 Å². The first-order chi connectivity index (χ1) is 15.4. The maximum absolute atomic E-state index is 12.6. The van der Waals surface area contributed by atoms with Gasteiger partial charge < -0.3 is 9.47 Å². The van der Waals surface area contributed by atoms with E-state index in [0.29, 0.717) is 18.2 Å². The van der Waals surface area contributed by atoms with Crippen molar-refractivity contribution in [1.82, 2.24) is 9.97 Å². The Morgan fingerprint density at radius 3 is 1.53 bits per heavy atom. The van der Waals surface area contributed by atoms with E-state index in [0.717, 1.165) is 0 Å². The predicted octanol–water partition coefficient (Wildman–Crippen LogP) is 2.49. The summed E-state index contributed by atoms with van der Waals surface area (Å²) in [5.74, 6) is -4.04. The van der Waals surface area contributed by atoms with Crippen LogP contribution in [0.5, 0.6) is 11.8 Å². The van der Waals surface area contributed by atoms with Crippen LogP contribution < -0.4 is 14.6 Å². The third-order valence-electron chi connectivity index (χ3n) is 3.42. The topological polar surface area (TPSA) is 191 Å². The lowest BCUT2D eigenvalue weighted by Gasteiger charge is -2.16. The van der Waals surface area contributed by atoms with Gasteiger partial charge in [0.05, 0.1) is 15.9 Å². The Kier molecular flexibility index (Phi) is 7.16. The first-order valence-electron chi connectivity index (χ1n) is 8.15. The molecular formula is C14H9F6N5O8S. The van der Waals surface area contributed by atoms with Gasteiger partial charge in [0.15, 0.2) is 19.0 Å². The number of nitro benzene ring substituents is 2. The van der Waals surface area contributed by atoms with E-state index in [1.165, 1.54) is 0 Å². The second kappa shape index (κ2) is 9.21. The highest BCUT2D eigenvalue weighted by Gasteiger charge is 2.35. The second-order valence-electron chi connectivity index (χ2n) is 6.09. The van der Waals surface area contributed by atoms with E-state index in [9.17, 15) is 55.0 Å². The lowest BCUT2D eigenvalue weighted by Crippen LogP contribution is -2.25. The van der Waals surface area contributed by atoms with Crippen LogP contribution in [0, 0.1) is 20.2 Å². The molecule has 2 rings (SSSR count). The Morgan fingerprint density at radius 2 is 1.24 bits per heavy atom. The third-order valence-corrected chi connectivity index (χ3v) is 4.33. The molecule has 20 heteroatoms. The summed E-state index contributed by atoms with van der Waals surface area (Å²) in [4.78, 5) is 24.9. The first-order valence-corrected chi connectivity index (χ1v) is 9.70.